The molecule has 0 unspecified atom stereocenters. The third-order valence-corrected chi connectivity index (χ3v) is 2.78. The summed E-state index contributed by atoms with van der Waals surface area (Å²) >= 11 is 0. The first-order valence-corrected chi connectivity index (χ1v) is 5.28. The molecule has 2 heterocycles. The summed E-state index contributed by atoms with van der Waals surface area (Å²) in [6.45, 7) is 0.895. The predicted molar refractivity (Wildman–Crippen MR) is 61.0 cm³/mol. The van der Waals surface area contributed by atoms with Crippen molar-refractivity contribution < 1.29 is 0 Å². The molecule has 0 aromatic heterocycles. The van der Waals surface area contributed by atoms with Gasteiger partial charge in [-0.15, -0.1) is 0 Å². The Labute approximate surface area is 89.2 Å². The fourth-order valence-corrected chi connectivity index (χ4v) is 1.96. The Hall–Kier alpha value is -1.77. The Balaban J connectivity index is 1.98. The molecule has 0 amide bonds. The van der Waals surface area contributed by atoms with Gasteiger partial charge in [0.25, 0.3) is 0 Å². The van der Waals surface area contributed by atoms with E-state index >= 15 is 0 Å². The van der Waals surface area contributed by atoms with Crippen LogP contribution in [0, 0.1) is 0 Å². The number of nitrogens with one attached hydrogen (secondary N) is 1. The lowest BCUT2D eigenvalue weighted by molar-refractivity contribution is 0.590. The lowest BCUT2D eigenvalue weighted by Crippen LogP contribution is -2.38. The van der Waals surface area contributed by atoms with E-state index < -0.39 is 0 Å². The molecule has 3 aliphatic rings. The Morgan fingerprint density at radius 2 is 2.27 bits per heavy atom. The summed E-state index contributed by atoms with van der Waals surface area (Å²) in [6.07, 6.45) is 14.7. The van der Waals surface area contributed by atoms with Crippen LogP contribution in [0.25, 0.3) is 0 Å². The number of fused-ring (bicyclic) bond motifs is 1. The van der Waals surface area contributed by atoms with Crippen molar-refractivity contribution in [3.8, 4) is 0 Å². The number of hydrogen-bond donors (Lipinski definition) is 1. The molecule has 3 nitrogen and oxygen atoms in total. The predicted octanol–water partition coefficient (Wildman–Crippen LogP) is 1.89. The molecule has 0 aromatic rings. The standard InChI is InChI=1S/C12H13N3/c1-2-5-11-10(4-1)6-9-15-8-3-7-13-12(15)14-11/h1,3-4,6-7,9H,2,5,8H2,(H,13,14). The quantitative estimate of drug-likeness (QED) is 0.645. The molecule has 0 fully saturated rings. The maximum Gasteiger partial charge on any atom is 0.207 e. The van der Waals surface area contributed by atoms with E-state index in [0.29, 0.717) is 0 Å². The van der Waals surface area contributed by atoms with Gasteiger partial charge in [0.1, 0.15) is 0 Å². The molecule has 0 saturated heterocycles. The SMILES string of the molecule is C1=CC2=C(CC1)NC1=NC=CCN1C=C2. The topological polar surface area (TPSA) is 27.6 Å². The van der Waals surface area contributed by atoms with Gasteiger partial charge >= 0.3 is 0 Å². The van der Waals surface area contributed by atoms with E-state index in [-0.39, 0.29) is 0 Å². The van der Waals surface area contributed by atoms with Crippen LogP contribution in [-0.2, 0) is 0 Å². The van der Waals surface area contributed by atoms with E-state index in [4.69, 9.17) is 0 Å². The number of aliphatic imine (C=N–C) groups is 1. The van der Waals surface area contributed by atoms with Gasteiger partial charge in [-0.05, 0) is 30.6 Å². The summed E-state index contributed by atoms with van der Waals surface area (Å²) in [4.78, 5) is 6.46. The van der Waals surface area contributed by atoms with Gasteiger partial charge in [-0.2, -0.15) is 0 Å². The van der Waals surface area contributed by atoms with Crippen molar-refractivity contribution in [3.05, 3.63) is 48.0 Å². The van der Waals surface area contributed by atoms with Crippen molar-refractivity contribution in [2.24, 2.45) is 4.99 Å². The second-order valence-corrected chi connectivity index (χ2v) is 3.81. The van der Waals surface area contributed by atoms with Crippen molar-refractivity contribution in [2.45, 2.75) is 12.8 Å². The van der Waals surface area contributed by atoms with Gasteiger partial charge in [0, 0.05) is 24.6 Å². The molecule has 0 bridgehead atoms. The molecule has 3 heteroatoms. The zero-order valence-electron chi connectivity index (χ0n) is 8.48. The lowest BCUT2D eigenvalue weighted by atomic mass is 10.0. The van der Waals surface area contributed by atoms with Crippen LogP contribution in [0.4, 0.5) is 0 Å². The van der Waals surface area contributed by atoms with Gasteiger partial charge < -0.3 is 10.2 Å². The zero-order valence-corrected chi connectivity index (χ0v) is 8.48. The fraction of sp³-hybridized carbons (Fsp3) is 0.250. The summed E-state index contributed by atoms with van der Waals surface area (Å²) < 4.78 is 0. The van der Waals surface area contributed by atoms with E-state index in [1.807, 2.05) is 6.20 Å². The third kappa shape index (κ3) is 1.50. The first-order chi connectivity index (χ1) is 7.43. The Kier molecular flexibility index (Phi) is 1.95. The zero-order chi connectivity index (χ0) is 10.1. The number of allylic oxidation sites excluding steroid dienone is 5. The molecule has 0 spiro atoms. The summed E-state index contributed by atoms with van der Waals surface area (Å²) in [7, 11) is 0. The summed E-state index contributed by atoms with van der Waals surface area (Å²) in [5.41, 5.74) is 2.56. The maximum atomic E-state index is 4.34. The van der Waals surface area contributed by atoms with Crippen LogP contribution in [-0.4, -0.2) is 17.4 Å². The van der Waals surface area contributed by atoms with Gasteiger partial charge in [-0.3, -0.25) is 0 Å². The van der Waals surface area contributed by atoms with E-state index in [9.17, 15) is 0 Å². The van der Waals surface area contributed by atoms with Crippen LogP contribution in [0.2, 0.25) is 0 Å². The highest BCUT2D eigenvalue weighted by atomic mass is 15.3. The highest BCUT2D eigenvalue weighted by Gasteiger charge is 2.17. The minimum absolute atomic E-state index is 0.895. The minimum Gasteiger partial charge on any atom is -0.329 e. The fourth-order valence-electron chi connectivity index (χ4n) is 1.96. The highest BCUT2D eigenvalue weighted by molar-refractivity contribution is 5.85. The normalized spacial score (nSPS) is 22.9. The molecular formula is C12H13N3. The first-order valence-electron chi connectivity index (χ1n) is 5.28. The maximum absolute atomic E-state index is 4.34. The average Bonchev–Trinajstić information content (AvgIpc) is 2.48. The third-order valence-electron chi connectivity index (χ3n) is 2.78. The van der Waals surface area contributed by atoms with Gasteiger partial charge in [-0.25, -0.2) is 4.99 Å². The average molecular weight is 199 g/mol. The first kappa shape index (κ1) is 8.53. The van der Waals surface area contributed by atoms with Crippen molar-refractivity contribution >= 4 is 5.96 Å². The molecule has 3 rings (SSSR count). The molecular weight excluding hydrogens is 186 g/mol. The van der Waals surface area contributed by atoms with Crippen molar-refractivity contribution in [1.29, 1.82) is 0 Å². The van der Waals surface area contributed by atoms with Crippen LogP contribution in [0.1, 0.15) is 12.8 Å². The summed E-state index contributed by atoms with van der Waals surface area (Å²) in [6, 6.07) is 0. The van der Waals surface area contributed by atoms with Crippen molar-refractivity contribution in [2.75, 3.05) is 6.54 Å². The van der Waals surface area contributed by atoms with E-state index in [0.717, 1.165) is 25.3 Å². The minimum atomic E-state index is 0.895. The number of rotatable bonds is 0. The molecule has 0 atom stereocenters. The van der Waals surface area contributed by atoms with Crippen LogP contribution in [0.15, 0.2) is 53.0 Å². The van der Waals surface area contributed by atoms with Crippen molar-refractivity contribution in [1.82, 2.24) is 10.2 Å². The lowest BCUT2D eigenvalue weighted by Gasteiger charge is -2.23. The second kappa shape index (κ2) is 3.42. The molecule has 0 saturated carbocycles. The summed E-state index contributed by atoms with van der Waals surface area (Å²) in [5.74, 6) is 0.939. The van der Waals surface area contributed by atoms with E-state index in [1.165, 1.54) is 11.3 Å². The number of guanidine groups is 1. The molecule has 76 valence electrons. The van der Waals surface area contributed by atoms with Crippen LogP contribution >= 0.6 is 0 Å². The van der Waals surface area contributed by atoms with Gasteiger partial charge in [0.2, 0.25) is 5.96 Å². The van der Waals surface area contributed by atoms with E-state index in [1.54, 1.807) is 0 Å². The van der Waals surface area contributed by atoms with Gasteiger partial charge in [0.15, 0.2) is 0 Å². The Morgan fingerprint density at radius 1 is 1.27 bits per heavy atom. The number of nitrogens with zero attached hydrogens (tertiary/aromatic N) is 2. The van der Waals surface area contributed by atoms with Crippen LogP contribution < -0.4 is 5.32 Å². The molecule has 1 N–H and O–H groups in total. The monoisotopic (exact) mass is 199 g/mol. The summed E-state index contributed by atoms with van der Waals surface area (Å²) in [5, 5.41) is 3.41. The van der Waals surface area contributed by atoms with Crippen LogP contribution in [0.5, 0.6) is 0 Å². The number of hydrogen-bond acceptors (Lipinski definition) is 3. The molecule has 0 aromatic carbocycles. The molecule has 15 heavy (non-hydrogen) atoms. The second-order valence-electron chi connectivity index (χ2n) is 3.81. The molecule has 0 radical (unpaired) electrons. The Morgan fingerprint density at radius 3 is 3.27 bits per heavy atom. The molecule has 1 aliphatic carbocycles. The molecule has 2 aliphatic heterocycles. The Bertz CT molecular complexity index is 424. The van der Waals surface area contributed by atoms with Gasteiger partial charge in [-0.1, -0.05) is 12.2 Å². The van der Waals surface area contributed by atoms with Crippen molar-refractivity contribution in [3.63, 3.8) is 0 Å². The van der Waals surface area contributed by atoms with Gasteiger partial charge in [0.05, 0.1) is 0 Å². The highest BCUT2D eigenvalue weighted by Crippen LogP contribution is 2.21. The van der Waals surface area contributed by atoms with Crippen LogP contribution in [0.3, 0.4) is 0 Å². The van der Waals surface area contributed by atoms with E-state index in [2.05, 4.69) is 45.7 Å². The largest absolute Gasteiger partial charge is 0.329 e. The smallest absolute Gasteiger partial charge is 0.207 e.